The molecular weight excluding hydrogens is 601 g/mol. The summed E-state index contributed by atoms with van der Waals surface area (Å²) in [5, 5.41) is 11.3. The van der Waals surface area contributed by atoms with Crippen LogP contribution >= 0.6 is 22.7 Å². The van der Waals surface area contributed by atoms with Crippen LogP contribution in [0.4, 0.5) is 0 Å². The summed E-state index contributed by atoms with van der Waals surface area (Å²) in [6.07, 6.45) is 3.79. The van der Waals surface area contributed by atoms with Crippen LogP contribution in [-0.2, 0) is 0 Å². The summed E-state index contributed by atoms with van der Waals surface area (Å²) < 4.78 is 0. The van der Waals surface area contributed by atoms with Gasteiger partial charge in [0.2, 0.25) is 0 Å². The van der Waals surface area contributed by atoms with E-state index in [1.54, 1.807) is 22.7 Å². The third-order valence-corrected chi connectivity index (χ3v) is 9.78. The molecule has 216 valence electrons. The summed E-state index contributed by atoms with van der Waals surface area (Å²) >= 11 is 3.16. The van der Waals surface area contributed by atoms with Gasteiger partial charge in [0.15, 0.2) is 0 Å². The summed E-state index contributed by atoms with van der Waals surface area (Å²) in [7, 11) is 0. The largest absolute Gasteiger partial charge is 0.255 e. The predicted octanol–water partition coefficient (Wildman–Crippen LogP) is 11.2. The normalized spacial score (nSPS) is 11.5. The number of hydrogen-bond donors (Lipinski definition) is 0. The van der Waals surface area contributed by atoms with Crippen molar-refractivity contribution in [3.63, 3.8) is 0 Å². The monoisotopic (exact) mass is 624 g/mol. The van der Waals surface area contributed by atoms with E-state index in [1.165, 1.54) is 54.6 Å². The highest BCUT2D eigenvalue weighted by molar-refractivity contribution is 7.08. The van der Waals surface area contributed by atoms with Crippen LogP contribution in [-0.4, -0.2) is 19.9 Å². The molecule has 5 aromatic carbocycles. The van der Waals surface area contributed by atoms with Crippen LogP contribution in [0.2, 0.25) is 0 Å². The van der Waals surface area contributed by atoms with E-state index in [4.69, 9.17) is 4.98 Å². The smallest absolute Gasteiger partial charge is 0.0995 e. The van der Waals surface area contributed by atoms with Crippen LogP contribution in [0, 0.1) is 0 Å². The van der Waals surface area contributed by atoms with E-state index in [-0.39, 0.29) is 0 Å². The molecule has 0 unspecified atom stereocenters. The van der Waals surface area contributed by atoms with Crippen molar-refractivity contribution in [3.05, 3.63) is 143 Å². The first-order chi connectivity index (χ1) is 22.8. The molecule has 0 saturated heterocycles. The maximum atomic E-state index is 4.70. The zero-order valence-corrected chi connectivity index (χ0v) is 26.1. The maximum Gasteiger partial charge on any atom is 0.0995 e. The fourth-order valence-electron chi connectivity index (χ4n) is 6.58. The van der Waals surface area contributed by atoms with Crippen LogP contribution in [0.5, 0.6) is 0 Å². The summed E-state index contributed by atoms with van der Waals surface area (Å²) in [5.74, 6) is 0. The van der Waals surface area contributed by atoms with Gasteiger partial charge in [0.25, 0.3) is 0 Å². The zero-order chi connectivity index (χ0) is 30.5. The van der Waals surface area contributed by atoms with E-state index < -0.39 is 0 Å². The number of thiazole rings is 2. The minimum Gasteiger partial charge on any atom is -0.255 e. The van der Waals surface area contributed by atoms with Gasteiger partial charge in [-0.2, -0.15) is 0 Å². The molecule has 0 N–H and O–H groups in total. The lowest BCUT2D eigenvalue weighted by atomic mass is 9.84. The van der Waals surface area contributed by atoms with E-state index in [0.29, 0.717) is 0 Å². The number of aromatic nitrogens is 4. The third-order valence-electron chi connectivity index (χ3n) is 8.61. The predicted molar refractivity (Wildman–Crippen MR) is 193 cm³/mol. The van der Waals surface area contributed by atoms with Crippen molar-refractivity contribution >= 4 is 55.0 Å². The molecule has 0 bridgehead atoms. The van der Waals surface area contributed by atoms with Crippen LogP contribution < -0.4 is 0 Å². The van der Waals surface area contributed by atoms with Crippen LogP contribution in [0.1, 0.15) is 0 Å². The molecular formula is C40H24N4S2. The van der Waals surface area contributed by atoms with Crippen LogP contribution in [0.3, 0.4) is 0 Å². The maximum absolute atomic E-state index is 4.70. The Morgan fingerprint density at radius 3 is 1.59 bits per heavy atom. The number of pyridine rings is 2. The highest BCUT2D eigenvalue weighted by Crippen LogP contribution is 2.46. The van der Waals surface area contributed by atoms with E-state index in [1.807, 2.05) is 34.2 Å². The van der Waals surface area contributed by atoms with Gasteiger partial charge >= 0.3 is 0 Å². The first-order valence-electron chi connectivity index (χ1n) is 15.0. The van der Waals surface area contributed by atoms with Gasteiger partial charge in [0.05, 0.1) is 33.8 Å². The van der Waals surface area contributed by atoms with Gasteiger partial charge in [-0.3, -0.25) is 9.97 Å². The Balaban J connectivity index is 1.38. The molecule has 4 aromatic heterocycles. The molecule has 0 spiro atoms. The lowest BCUT2D eigenvalue weighted by molar-refractivity contribution is 1.28. The number of benzene rings is 5. The molecule has 0 aliphatic heterocycles. The Labute approximate surface area is 273 Å². The summed E-state index contributed by atoms with van der Waals surface area (Å²) in [6.45, 7) is 0. The van der Waals surface area contributed by atoms with E-state index in [0.717, 1.165) is 33.9 Å². The SMILES string of the molecule is c1ccc2c(-c3ccc4c(-c5ccnc(-c6cscn6)c5)c5ccccc5c(-c5ccnc(-c6cscn6)c5)c4c3)cccc2c1. The molecule has 0 saturated carbocycles. The van der Waals surface area contributed by atoms with E-state index in [9.17, 15) is 0 Å². The Morgan fingerprint density at radius 2 is 0.957 bits per heavy atom. The first kappa shape index (κ1) is 26.8. The van der Waals surface area contributed by atoms with Gasteiger partial charge in [0, 0.05) is 23.2 Å². The standard InChI is InChI=1S/C40H24N4S2/c1-2-8-29-25(6-1)7-5-11-30(29)26-12-13-33-34(18-26)40(28-15-17-42-36(20-28)38-22-46-24-44-38)32-10-4-3-9-31(32)39(33)27-14-16-41-35(19-27)37-21-45-23-43-37/h1-24H. The number of nitrogens with zero attached hydrogens (tertiary/aromatic N) is 4. The minimum absolute atomic E-state index is 0.868. The summed E-state index contributed by atoms with van der Waals surface area (Å²) in [5.41, 5.74) is 14.2. The van der Waals surface area contributed by atoms with Crippen molar-refractivity contribution in [1.29, 1.82) is 0 Å². The third kappa shape index (κ3) is 4.50. The fraction of sp³-hybridized carbons (Fsp3) is 0. The highest BCUT2D eigenvalue weighted by Gasteiger charge is 2.19. The average molecular weight is 625 g/mol. The fourth-order valence-corrected chi connectivity index (χ4v) is 7.67. The van der Waals surface area contributed by atoms with Crippen LogP contribution in [0.25, 0.3) is 88.5 Å². The van der Waals surface area contributed by atoms with Gasteiger partial charge in [-0.15, -0.1) is 22.7 Å². The molecule has 0 atom stereocenters. The molecule has 0 amide bonds. The van der Waals surface area contributed by atoms with Gasteiger partial charge in [-0.05, 0) is 96.0 Å². The second-order valence-electron chi connectivity index (χ2n) is 11.2. The Bertz CT molecular complexity index is 2530. The lowest BCUT2D eigenvalue weighted by Gasteiger charge is -2.19. The first-order valence-corrected chi connectivity index (χ1v) is 16.9. The average Bonchev–Trinajstić information content (AvgIpc) is 3.86. The highest BCUT2D eigenvalue weighted by atomic mass is 32.1. The number of rotatable bonds is 5. The van der Waals surface area contributed by atoms with Crippen molar-refractivity contribution in [2.24, 2.45) is 0 Å². The molecule has 9 rings (SSSR count). The molecule has 0 radical (unpaired) electrons. The Hall–Kier alpha value is -5.56. The minimum atomic E-state index is 0.868. The quantitative estimate of drug-likeness (QED) is 0.179. The van der Waals surface area contributed by atoms with Crippen molar-refractivity contribution in [2.45, 2.75) is 0 Å². The number of hydrogen-bond acceptors (Lipinski definition) is 6. The van der Waals surface area contributed by atoms with E-state index >= 15 is 0 Å². The molecule has 0 aliphatic rings. The van der Waals surface area contributed by atoms with Crippen LogP contribution in [0.15, 0.2) is 143 Å². The van der Waals surface area contributed by atoms with Crippen molar-refractivity contribution in [3.8, 4) is 56.2 Å². The van der Waals surface area contributed by atoms with Gasteiger partial charge in [0.1, 0.15) is 0 Å². The molecule has 0 fully saturated rings. The molecule has 46 heavy (non-hydrogen) atoms. The van der Waals surface area contributed by atoms with Gasteiger partial charge in [-0.1, -0.05) is 78.9 Å². The second kappa shape index (κ2) is 11.1. The zero-order valence-electron chi connectivity index (χ0n) is 24.5. The molecule has 6 heteroatoms. The summed E-state index contributed by atoms with van der Waals surface area (Å²) in [6, 6.07) is 39.4. The van der Waals surface area contributed by atoms with E-state index in [2.05, 4.69) is 124 Å². The molecule has 4 nitrogen and oxygen atoms in total. The number of fused-ring (bicyclic) bond motifs is 3. The van der Waals surface area contributed by atoms with Crippen molar-refractivity contribution in [2.75, 3.05) is 0 Å². The Morgan fingerprint density at radius 1 is 0.391 bits per heavy atom. The van der Waals surface area contributed by atoms with Crippen molar-refractivity contribution < 1.29 is 0 Å². The molecule has 9 aromatic rings. The Kier molecular flexibility index (Phi) is 6.47. The van der Waals surface area contributed by atoms with Gasteiger partial charge in [-0.25, -0.2) is 9.97 Å². The molecule has 0 aliphatic carbocycles. The second-order valence-corrected chi connectivity index (χ2v) is 12.6. The van der Waals surface area contributed by atoms with Crippen molar-refractivity contribution in [1.82, 2.24) is 19.9 Å². The van der Waals surface area contributed by atoms with Gasteiger partial charge < -0.3 is 0 Å². The molecule has 4 heterocycles. The summed E-state index contributed by atoms with van der Waals surface area (Å²) in [4.78, 5) is 18.5. The lowest BCUT2D eigenvalue weighted by Crippen LogP contribution is -1.94. The topological polar surface area (TPSA) is 51.6 Å².